The first-order valence-electron chi connectivity index (χ1n) is 9.63. The molecule has 2 bridgehead atoms. The molecule has 6 heteroatoms. The molecular weight excluding hydrogens is 358 g/mol. The SMILES string of the molecule is CN1C2CCC1CC(CC(=O)N1c3ccccc3NC(=O)c3cscc31)C2. The Balaban J connectivity index is 1.47. The van der Waals surface area contributed by atoms with Crippen molar-refractivity contribution < 1.29 is 9.59 Å². The average Bonchev–Trinajstić information content (AvgIpc) is 3.15. The third kappa shape index (κ3) is 2.78. The molecule has 0 saturated carbocycles. The molecule has 5 rings (SSSR count). The fourth-order valence-electron chi connectivity index (χ4n) is 5.02. The predicted molar refractivity (Wildman–Crippen MR) is 108 cm³/mol. The van der Waals surface area contributed by atoms with Gasteiger partial charge in [0.25, 0.3) is 5.91 Å². The van der Waals surface area contributed by atoms with E-state index in [0.717, 1.165) is 18.5 Å². The quantitative estimate of drug-likeness (QED) is 0.846. The van der Waals surface area contributed by atoms with Crippen LogP contribution in [0.15, 0.2) is 35.0 Å². The molecule has 5 nitrogen and oxygen atoms in total. The smallest absolute Gasteiger partial charge is 0.258 e. The largest absolute Gasteiger partial charge is 0.320 e. The second-order valence-corrected chi connectivity index (χ2v) is 8.71. The maximum absolute atomic E-state index is 13.4. The highest BCUT2D eigenvalue weighted by atomic mass is 32.1. The van der Waals surface area contributed by atoms with Crippen molar-refractivity contribution in [1.29, 1.82) is 0 Å². The van der Waals surface area contributed by atoms with Gasteiger partial charge in [0, 0.05) is 29.3 Å². The lowest BCUT2D eigenvalue weighted by Crippen LogP contribution is -2.41. The monoisotopic (exact) mass is 381 g/mol. The second-order valence-electron chi connectivity index (χ2n) is 7.96. The van der Waals surface area contributed by atoms with Crippen LogP contribution in [-0.4, -0.2) is 35.8 Å². The van der Waals surface area contributed by atoms with Crippen LogP contribution < -0.4 is 10.2 Å². The Kier molecular flexibility index (Phi) is 4.06. The number of hydrogen-bond donors (Lipinski definition) is 1. The molecule has 0 radical (unpaired) electrons. The lowest BCUT2D eigenvalue weighted by atomic mass is 9.88. The Labute approximate surface area is 163 Å². The number of benzene rings is 1. The van der Waals surface area contributed by atoms with Crippen LogP contribution in [0, 0.1) is 5.92 Å². The fraction of sp³-hybridized carbons (Fsp3) is 0.429. The molecule has 0 aliphatic carbocycles. The minimum Gasteiger partial charge on any atom is -0.320 e. The van der Waals surface area contributed by atoms with Crippen LogP contribution in [0.3, 0.4) is 0 Å². The molecule has 1 aromatic carbocycles. The molecule has 3 aliphatic rings. The Morgan fingerprint density at radius 3 is 2.67 bits per heavy atom. The number of rotatable bonds is 2. The van der Waals surface area contributed by atoms with Gasteiger partial charge in [0.15, 0.2) is 0 Å². The summed E-state index contributed by atoms with van der Waals surface area (Å²) < 4.78 is 0. The van der Waals surface area contributed by atoms with Gasteiger partial charge in [-0.25, -0.2) is 0 Å². The van der Waals surface area contributed by atoms with Gasteiger partial charge in [-0.15, -0.1) is 11.3 Å². The van der Waals surface area contributed by atoms with Gasteiger partial charge in [-0.1, -0.05) is 12.1 Å². The van der Waals surface area contributed by atoms with E-state index in [9.17, 15) is 9.59 Å². The summed E-state index contributed by atoms with van der Waals surface area (Å²) in [5.74, 6) is 0.367. The first kappa shape index (κ1) is 17.0. The number of amides is 2. The van der Waals surface area contributed by atoms with Gasteiger partial charge >= 0.3 is 0 Å². The molecule has 1 N–H and O–H groups in total. The molecule has 140 valence electrons. The molecule has 2 unspecified atom stereocenters. The molecule has 2 aromatic rings. The number of fused-ring (bicyclic) bond motifs is 4. The number of carbonyl (C=O) groups is 2. The average molecular weight is 382 g/mol. The van der Waals surface area contributed by atoms with Crippen molar-refractivity contribution in [2.24, 2.45) is 5.92 Å². The van der Waals surface area contributed by atoms with Crippen molar-refractivity contribution in [3.63, 3.8) is 0 Å². The van der Waals surface area contributed by atoms with Gasteiger partial charge in [-0.3, -0.25) is 14.5 Å². The summed E-state index contributed by atoms with van der Waals surface area (Å²) in [4.78, 5) is 30.3. The highest BCUT2D eigenvalue weighted by Crippen LogP contribution is 2.42. The summed E-state index contributed by atoms with van der Waals surface area (Å²) >= 11 is 1.46. The molecule has 2 amide bonds. The minimum atomic E-state index is -0.147. The molecular formula is C21H23N3O2S. The van der Waals surface area contributed by atoms with Crippen LogP contribution >= 0.6 is 11.3 Å². The van der Waals surface area contributed by atoms with Gasteiger partial charge in [0.05, 0.1) is 22.6 Å². The Morgan fingerprint density at radius 2 is 1.89 bits per heavy atom. The lowest BCUT2D eigenvalue weighted by molar-refractivity contribution is -0.119. The van der Waals surface area contributed by atoms with E-state index >= 15 is 0 Å². The highest BCUT2D eigenvalue weighted by molar-refractivity contribution is 7.08. The van der Waals surface area contributed by atoms with Crippen LogP contribution in [0.2, 0.25) is 0 Å². The van der Waals surface area contributed by atoms with Crippen LogP contribution in [0.5, 0.6) is 0 Å². The first-order chi connectivity index (χ1) is 13.1. The summed E-state index contributed by atoms with van der Waals surface area (Å²) in [5.41, 5.74) is 2.75. The summed E-state index contributed by atoms with van der Waals surface area (Å²) in [6, 6.07) is 8.82. The maximum atomic E-state index is 13.4. The summed E-state index contributed by atoms with van der Waals surface area (Å²) in [6.07, 6.45) is 5.25. The van der Waals surface area contributed by atoms with Crippen LogP contribution in [0.25, 0.3) is 0 Å². The molecule has 4 heterocycles. The molecule has 3 aliphatic heterocycles. The van der Waals surface area contributed by atoms with Gasteiger partial charge in [0.2, 0.25) is 5.91 Å². The molecule has 0 spiro atoms. The molecule has 2 saturated heterocycles. The number of hydrogen-bond acceptors (Lipinski definition) is 4. The third-order valence-electron chi connectivity index (χ3n) is 6.43. The van der Waals surface area contributed by atoms with Crippen LogP contribution in [0.4, 0.5) is 17.1 Å². The zero-order valence-electron chi connectivity index (χ0n) is 15.4. The third-order valence-corrected chi connectivity index (χ3v) is 7.16. The fourth-order valence-corrected chi connectivity index (χ4v) is 5.82. The number of thiophene rings is 1. The van der Waals surface area contributed by atoms with Crippen molar-refractivity contribution in [1.82, 2.24) is 4.90 Å². The number of piperidine rings is 1. The van der Waals surface area contributed by atoms with Crippen molar-refractivity contribution in [3.05, 3.63) is 40.6 Å². The minimum absolute atomic E-state index is 0.0903. The lowest BCUT2D eigenvalue weighted by Gasteiger charge is -2.36. The van der Waals surface area contributed by atoms with Gasteiger partial charge in [-0.2, -0.15) is 0 Å². The van der Waals surface area contributed by atoms with E-state index in [-0.39, 0.29) is 11.8 Å². The molecule has 2 atom stereocenters. The van der Waals surface area contributed by atoms with Crippen LogP contribution in [-0.2, 0) is 4.79 Å². The first-order valence-corrected chi connectivity index (χ1v) is 10.6. The molecule has 27 heavy (non-hydrogen) atoms. The van der Waals surface area contributed by atoms with Crippen molar-refractivity contribution in [3.8, 4) is 0 Å². The van der Waals surface area contributed by atoms with E-state index < -0.39 is 0 Å². The summed E-state index contributed by atoms with van der Waals surface area (Å²) in [7, 11) is 2.22. The van der Waals surface area contributed by atoms with Gasteiger partial charge < -0.3 is 10.2 Å². The second kappa shape index (κ2) is 6.46. The van der Waals surface area contributed by atoms with E-state index in [1.165, 1.54) is 24.2 Å². The summed E-state index contributed by atoms with van der Waals surface area (Å²) in [6.45, 7) is 0. The Hall–Kier alpha value is -2.18. The van der Waals surface area contributed by atoms with E-state index in [1.807, 2.05) is 35.0 Å². The number of nitrogens with one attached hydrogen (secondary N) is 1. The maximum Gasteiger partial charge on any atom is 0.258 e. The van der Waals surface area contributed by atoms with Crippen LogP contribution in [0.1, 0.15) is 42.5 Å². The number of carbonyl (C=O) groups excluding carboxylic acids is 2. The Morgan fingerprint density at radius 1 is 1.15 bits per heavy atom. The molecule has 2 fully saturated rings. The Bertz CT molecular complexity index is 894. The van der Waals surface area contributed by atoms with E-state index in [2.05, 4.69) is 17.3 Å². The van der Waals surface area contributed by atoms with E-state index in [1.54, 1.807) is 4.90 Å². The summed E-state index contributed by atoms with van der Waals surface area (Å²) in [5, 5.41) is 6.69. The van der Waals surface area contributed by atoms with E-state index in [4.69, 9.17) is 0 Å². The van der Waals surface area contributed by atoms with Gasteiger partial charge in [0.1, 0.15) is 0 Å². The topological polar surface area (TPSA) is 52.7 Å². The van der Waals surface area contributed by atoms with Crippen molar-refractivity contribution >= 4 is 40.2 Å². The normalized spacial score (nSPS) is 26.9. The predicted octanol–water partition coefficient (Wildman–Crippen LogP) is 4.24. The highest BCUT2D eigenvalue weighted by Gasteiger charge is 2.40. The number of nitrogens with zero attached hydrogens (tertiary/aromatic N) is 2. The van der Waals surface area contributed by atoms with Gasteiger partial charge in [-0.05, 0) is 50.8 Å². The zero-order chi connectivity index (χ0) is 18.5. The van der Waals surface area contributed by atoms with E-state index in [0.29, 0.717) is 41.4 Å². The van der Waals surface area contributed by atoms with Crippen molar-refractivity contribution in [2.45, 2.75) is 44.2 Å². The molecule has 1 aromatic heterocycles. The number of anilines is 3. The van der Waals surface area contributed by atoms with Crippen molar-refractivity contribution in [2.75, 3.05) is 17.3 Å². The zero-order valence-corrected chi connectivity index (χ0v) is 16.2. The number of para-hydroxylation sites is 2. The standard InChI is InChI=1S/C21H23N3O2S/c1-23-14-6-7-15(23)9-13(8-14)10-20(25)24-18-5-3-2-4-17(18)22-21(26)16-11-27-12-19(16)24/h2-5,11-15H,6-10H2,1H3,(H,22,26).